The second-order valence-electron chi connectivity index (χ2n) is 30.0. The summed E-state index contributed by atoms with van der Waals surface area (Å²) in [4.78, 5) is 32.4. The quantitative estimate of drug-likeness (QED) is 0.0334. The molecule has 0 amide bonds. The lowest BCUT2D eigenvalue weighted by Gasteiger charge is -2.14. The highest BCUT2D eigenvalue weighted by atomic mass is 32.2. The predicted octanol–water partition coefficient (Wildman–Crippen LogP) is 17.7. The van der Waals surface area contributed by atoms with E-state index < -0.39 is 164 Å². The van der Waals surface area contributed by atoms with Crippen LogP contribution in [0.2, 0.25) is 0 Å². The molecule has 4 aromatic carbocycles. The normalized spacial score (nSPS) is 13.2. The zero-order valence-corrected chi connectivity index (χ0v) is 72.9. The van der Waals surface area contributed by atoms with Crippen LogP contribution >= 0.6 is 0 Å². The van der Waals surface area contributed by atoms with Gasteiger partial charge in [0.2, 0.25) is 0 Å². The molecule has 0 saturated heterocycles. The van der Waals surface area contributed by atoms with Crippen molar-refractivity contribution in [2.45, 2.75) is 300 Å². The molecular weight excluding hydrogens is 1590 g/mol. The highest BCUT2D eigenvalue weighted by molar-refractivity contribution is 7.96. The van der Waals surface area contributed by atoms with E-state index in [2.05, 4.69) is 9.97 Å². The standard InChI is InChI=1S/C80H114N8O16S8/c1-9-17-25-33-41-105(89,90)65-49-57-58(50-66(65)106(91,92)42-34-26-18-10-2)74-81-73(57)85-75-59-51-67(107(93,94)43-35-27-19-11-3)68(108(95,96)44-36-28-20-12-4)52-60(59)77(82-75)87-79-63-55-71(111(101,102)47-39-31-23-15-7)72(112(103,104)48-40-32-24-16-8)56-64(63)80(84-79)88-78-62-54-70(110(99,100)46-38-30-22-14-6)69(53-61(62)76(83-78)86-74)109(97,98)45-37-29-21-13-5/h49-56H,9-48H2,1-8H3,(H2,81,82,83,84,85,86,87,88). The first-order valence-corrected chi connectivity index (χ1v) is 53.8. The second kappa shape index (κ2) is 39.2. The zero-order chi connectivity index (χ0) is 81.5. The van der Waals surface area contributed by atoms with E-state index in [0.717, 1.165) is 51.4 Å². The van der Waals surface area contributed by atoms with Crippen molar-refractivity contribution in [3.05, 3.63) is 48.5 Å². The largest absolute Gasteiger partial charge is 0.324 e. The van der Waals surface area contributed by atoms with Gasteiger partial charge in [0.05, 0.1) is 85.2 Å². The number of unbranched alkanes of at least 4 members (excludes halogenated alkanes) is 24. The lowest BCUT2D eigenvalue weighted by Crippen LogP contribution is -2.16. The number of aromatic nitrogens is 8. The van der Waals surface area contributed by atoms with Gasteiger partial charge < -0.3 is 9.97 Å². The number of fused-ring (bicyclic) bond motifs is 20. The van der Waals surface area contributed by atoms with E-state index in [9.17, 15) is 0 Å². The number of H-pyrrole nitrogens is 2. The molecule has 7 aromatic rings. The minimum absolute atomic E-state index is 0.0588. The average Bonchev–Trinajstić information content (AvgIpc) is 1.55. The summed E-state index contributed by atoms with van der Waals surface area (Å²) in [7, 11) is -36.0. The van der Waals surface area contributed by atoms with Gasteiger partial charge in [-0.1, -0.05) is 209 Å². The van der Waals surface area contributed by atoms with Crippen molar-refractivity contribution in [2.75, 3.05) is 46.0 Å². The third kappa shape index (κ3) is 21.5. The van der Waals surface area contributed by atoms with Crippen LogP contribution in [0, 0.1) is 0 Å². The highest BCUT2D eigenvalue weighted by Gasteiger charge is 2.37. The summed E-state index contributed by atoms with van der Waals surface area (Å²) in [6, 6.07) is 9.49. The lowest BCUT2D eigenvalue weighted by atomic mass is 10.1. The third-order valence-electron chi connectivity index (χ3n) is 20.9. The van der Waals surface area contributed by atoms with Crippen molar-refractivity contribution < 1.29 is 67.3 Å². The fourth-order valence-corrected chi connectivity index (χ4v) is 29.2. The van der Waals surface area contributed by atoms with Gasteiger partial charge in [-0.05, 0) is 99.9 Å². The topological polar surface area (TPSA) is 382 Å². The van der Waals surface area contributed by atoms with Gasteiger partial charge in [0.1, 0.15) is 22.6 Å². The SMILES string of the molecule is CCCCCCS(=O)(=O)c1cc2c(cc1S(=O)(=O)CCCCCC)-c1nc-2nc2[nH]c(nc3nc(nc4[nH]c(n1)c1cc(S(=O)(=O)CCCCCC)c(S(=O)(=O)CCCCCC)cc41)-c1cc(S(=O)(=O)CCCCCC)c(S(=O)(=O)CCCCCC)cc1-3)c1cc(S(=O)(=O)CCCCCC)c(S(=O)(=O)CCCCCC)cc21. The Morgan fingerprint density at radius 3 is 0.482 bits per heavy atom. The van der Waals surface area contributed by atoms with Crippen molar-refractivity contribution in [3.8, 4) is 45.6 Å². The Kier molecular flexibility index (Phi) is 31.4. The highest BCUT2D eigenvalue weighted by Crippen LogP contribution is 2.45. The molecule has 0 spiro atoms. The number of hydrogen-bond donors (Lipinski definition) is 2. The maximum Gasteiger partial charge on any atom is 0.179 e. The molecule has 0 radical (unpaired) electrons. The molecule has 3 aromatic heterocycles. The van der Waals surface area contributed by atoms with Crippen LogP contribution in [0.15, 0.2) is 87.7 Å². The molecule has 0 atom stereocenters. The first-order chi connectivity index (χ1) is 53.2. The summed E-state index contributed by atoms with van der Waals surface area (Å²) < 4.78 is 242. The number of sulfone groups is 8. The molecule has 0 saturated carbocycles. The smallest absolute Gasteiger partial charge is 0.179 e. The van der Waals surface area contributed by atoms with Crippen LogP contribution in [0.25, 0.3) is 89.7 Å². The summed E-state index contributed by atoms with van der Waals surface area (Å²) in [6.07, 6.45) is 17.2. The number of nitrogens with one attached hydrogen (secondary N) is 2. The zero-order valence-electron chi connectivity index (χ0n) is 66.4. The van der Waals surface area contributed by atoms with Gasteiger partial charge in [0, 0.05) is 43.8 Å². The van der Waals surface area contributed by atoms with Crippen molar-refractivity contribution >= 4 is 123 Å². The number of rotatable bonds is 48. The molecule has 618 valence electrons. The van der Waals surface area contributed by atoms with Crippen molar-refractivity contribution in [2.24, 2.45) is 0 Å². The summed E-state index contributed by atoms with van der Waals surface area (Å²) in [5.41, 5.74) is -1.31. The van der Waals surface area contributed by atoms with Crippen molar-refractivity contribution in [1.29, 1.82) is 0 Å². The van der Waals surface area contributed by atoms with Crippen LogP contribution in [0.4, 0.5) is 0 Å². The van der Waals surface area contributed by atoms with Crippen LogP contribution in [0.5, 0.6) is 0 Å². The fourth-order valence-electron chi connectivity index (χ4n) is 14.4. The van der Waals surface area contributed by atoms with E-state index in [0.29, 0.717) is 103 Å². The summed E-state index contributed by atoms with van der Waals surface area (Å²) >= 11 is 0. The first-order valence-electron chi connectivity index (χ1n) is 40.6. The molecule has 24 nitrogen and oxygen atoms in total. The van der Waals surface area contributed by atoms with Crippen LogP contribution in [0.1, 0.15) is 261 Å². The average molecular weight is 1700 g/mol. The molecule has 0 aliphatic carbocycles. The molecule has 9 rings (SSSR count). The molecule has 2 N–H and O–H groups in total. The van der Waals surface area contributed by atoms with Crippen LogP contribution < -0.4 is 0 Å². The fraction of sp³-hybridized carbons (Fsp3) is 0.600. The number of aromatic amines is 2. The summed E-state index contributed by atoms with van der Waals surface area (Å²) in [5, 5.41) is -0.235. The molecule has 0 unspecified atom stereocenters. The lowest BCUT2D eigenvalue weighted by molar-refractivity contribution is 0.576. The van der Waals surface area contributed by atoms with Crippen LogP contribution in [-0.4, -0.2) is 153 Å². The van der Waals surface area contributed by atoms with E-state index >= 15 is 67.3 Å². The number of nitrogens with zero attached hydrogens (tertiary/aromatic N) is 6. The second-order valence-corrected chi connectivity index (χ2v) is 46.6. The molecule has 32 heteroatoms. The summed E-state index contributed by atoms with van der Waals surface area (Å²) in [6.45, 7) is 15.7. The van der Waals surface area contributed by atoms with Gasteiger partial charge in [0.15, 0.2) is 102 Å². The van der Waals surface area contributed by atoms with E-state index in [1.165, 1.54) is 48.5 Å². The van der Waals surface area contributed by atoms with Crippen LogP contribution in [-0.2, 0) is 78.7 Å². The molecular formula is C80H114N8O16S8. The number of benzene rings is 4. The molecule has 2 aliphatic heterocycles. The minimum Gasteiger partial charge on any atom is -0.324 e. The van der Waals surface area contributed by atoms with Crippen molar-refractivity contribution in [1.82, 2.24) is 39.9 Å². The van der Waals surface area contributed by atoms with Gasteiger partial charge in [-0.25, -0.2) is 97.2 Å². The Labute approximate surface area is 665 Å². The van der Waals surface area contributed by atoms with Gasteiger partial charge in [-0.15, -0.1) is 0 Å². The minimum atomic E-state index is -4.50. The Bertz CT molecular complexity index is 5020. The number of hydrogen-bond acceptors (Lipinski definition) is 22. The van der Waals surface area contributed by atoms with E-state index in [4.69, 9.17) is 29.9 Å². The molecule has 8 bridgehead atoms. The van der Waals surface area contributed by atoms with Gasteiger partial charge in [-0.3, -0.25) is 0 Å². The third-order valence-corrected chi connectivity index (χ3v) is 36.1. The van der Waals surface area contributed by atoms with E-state index in [1.54, 1.807) is 0 Å². The first kappa shape index (κ1) is 89.8. The van der Waals surface area contributed by atoms with E-state index in [-0.39, 0.29) is 141 Å². The monoisotopic (exact) mass is 1700 g/mol. The Morgan fingerprint density at radius 2 is 0.339 bits per heavy atom. The predicted molar refractivity (Wildman–Crippen MR) is 446 cm³/mol. The Morgan fingerprint density at radius 1 is 0.196 bits per heavy atom. The molecule has 5 heterocycles. The van der Waals surface area contributed by atoms with Crippen molar-refractivity contribution in [3.63, 3.8) is 0 Å². The van der Waals surface area contributed by atoms with Gasteiger partial charge in [-0.2, -0.15) is 0 Å². The Hall–Kier alpha value is -6.16. The van der Waals surface area contributed by atoms with Crippen LogP contribution in [0.3, 0.4) is 0 Å². The van der Waals surface area contributed by atoms with Gasteiger partial charge >= 0.3 is 0 Å². The maximum atomic E-state index is 15.1. The molecule has 2 aliphatic rings. The van der Waals surface area contributed by atoms with Gasteiger partial charge in [0.25, 0.3) is 0 Å². The molecule has 0 fully saturated rings. The maximum absolute atomic E-state index is 15.1. The molecule has 112 heavy (non-hydrogen) atoms. The Balaban J connectivity index is 1.56. The van der Waals surface area contributed by atoms with E-state index in [1.807, 2.05) is 55.4 Å². The summed E-state index contributed by atoms with van der Waals surface area (Å²) in [5.74, 6) is -4.89.